The summed E-state index contributed by atoms with van der Waals surface area (Å²) in [6, 6.07) is 4.06. The van der Waals surface area contributed by atoms with Crippen molar-refractivity contribution in [3.8, 4) is 0 Å². The summed E-state index contributed by atoms with van der Waals surface area (Å²) >= 11 is 0. The molecule has 0 atom stereocenters. The minimum atomic E-state index is -4.62. The van der Waals surface area contributed by atoms with E-state index in [4.69, 9.17) is 0 Å². The molecule has 1 rings (SSSR count). The fourth-order valence-electron chi connectivity index (χ4n) is 1.35. The molecular formula is C13H16F2N2O3S. The van der Waals surface area contributed by atoms with Gasteiger partial charge in [0.15, 0.2) is 0 Å². The van der Waals surface area contributed by atoms with Crippen molar-refractivity contribution in [2.24, 2.45) is 0 Å². The van der Waals surface area contributed by atoms with Crippen LogP contribution in [0.15, 0.2) is 40.8 Å². The van der Waals surface area contributed by atoms with Crippen LogP contribution in [0.2, 0.25) is 0 Å². The van der Waals surface area contributed by atoms with Crippen molar-refractivity contribution in [2.45, 2.75) is 24.5 Å². The smallest absolute Gasteiger partial charge is 0.334 e. The molecular weight excluding hydrogens is 302 g/mol. The third-order valence-electron chi connectivity index (χ3n) is 2.45. The molecule has 0 saturated carbocycles. The zero-order chi connectivity index (χ0) is 16.0. The number of allylic oxidation sites excluding steroid dienone is 1. The second kappa shape index (κ2) is 7.16. The van der Waals surface area contributed by atoms with Crippen molar-refractivity contribution < 1.29 is 22.0 Å². The molecule has 0 saturated heterocycles. The van der Waals surface area contributed by atoms with Crippen molar-refractivity contribution in [3.63, 3.8) is 0 Å². The van der Waals surface area contributed by atoms with Crippen LogP contribution in [-0.4, -0.2) is 26.8 Å². The first kappa shape index (κ1) is 17.1. The first-order chi connectivity index (χ1) is 9.73. The van der Waals surface area contributed by atoms with Gasteiger partial charge in [-0.3, -0.25) is 0 Å². The molecule has 0 aliphatic rings. The van der Waals surface area contributed by atoms with Gasteiger partial charge in [-0.1, -0.05) is 11.6 Å². The molecule has 0 aliphatic carbocycles. The van der Waals surface area contributed by atoms with E-state index in [1.54, 1.807) is 0 Å². The molecule has 21 heavy (non-hydrogen) atoms. The van der Waals surface area contributed by atoms with Crippen molar-refractivity contribution in [3.05, 3.63) is 35.9 Å². The van der Waals surface area contributed by atoms with Gasteiger partial charge in [0.25, 0.3) is 0 Å². The molecule has 0 spiro atoms. The second-order valence-electron chi connectivity index (χ2n) is 4.45. The third kappa shape index (κ3) is 5.14. The minimum absolute atomic E-state index is 0.304. The largest absolute Gasteiger partial charge is 0.341 e. The molecule has 1 aromatic rings. The number of rotatable bonds is 5. The lowest BCUT2D eigenvalue weighted by atomic mass is 10.3. The van der Waals surface area contributed by atoms with Crippen LogP contribution in [0.5, 0.6) is 0 Å². The Bertz CT molecular complexity index is 621. The summed E-state index contributed by atoms with van der Waals surface area (Å²) in [6.45, 7) is 4.13. The van der Waals surface area contributed by atoms with E-state index in [9.17, 15) is 22.0 Å². The summed E-state index contributed by atoms with van der Waals surface area (Å²) in [6.07, 6.45) is 1.82. The molecule has 116 valence electrons. The van der Waals surface area contributed by atoms with Crippen LogP contribution in [0.4, 0.5) is 19.3 Å². The zero-order valence-electron chi connectivity index (χ0n) is 11.6. The molecule has 0 aliphatic heterocycles. The highest BCUT2D eigenvalue weighted by Gasteiger charge is 2.26. The summed E-state index contributed by atoms with van der Waals surface area (Å²) in [5, 5.41) is 5.02. The highest BCUT2D eigenvalue weighted by molar-refractivity contribution is 7.91. The van der Waals surface area contributed by atoms with Gasteiger partial charge < -0.3 is 10.6 Å². The highest BCUT2D eigenvalue weighted by atomic mass is 32.2. The molecule has 1 aromatic carbocycles. The summed E-state index contributed by atoms with van der Waals surface area (Å²) in [7, 11) is -4.62. The summed E-state index contributed by atoms with van der Waals surface area (Å²) in [5.41, 5.74) is 1.36. The number of alkyl halides is 2. The molecule has 5 nitrogen and oxygen atoms in total. The number of anilines is 1. The molecule has 2 N–H and O–H groups in total. The average Bonchev–Trinajstić information content (AvgIpc) is 2.38. The Kier molecular flexibility index (Phi) is 5.83. The van der Waals surface area contributed by atoms with Crippen LogP contribution >= 0.6 is 0 Å². The molecule has 2 amide bonds. The van der Waals surface area contributed by atoms with Gasteiger partial charge in [-0.2, -0.15) is 8.78 Å². The van der Waals surface area contributed by atoms with E-state index in [-0.39, 0.29) is 0 Å². The van der Waals surface area contributed by atoms with Gasteiger partial charge in [0, 0.05) is 12.2 Å². The van der Waals surface area contributed by atoms with Crippen LogP contribution in [-0.2, 0) is 9.84 Å². The van der Waals surface area contributed by atoms with Crippen LogP contribution < -0.4 is 10.6 Å². The topological polar surface area (TPSA) is 75.3 Å². The number of amides is 2. The molecule has 0 heterocycles. The van der Waals surface area contributed by atoms with Gasteiger partial charge in [-0.05, 0) is 38.1 Å². The average molecular weight is 318 g/mol. The fourth-order valence-corrected chi connectivity index (χ4v) is 2.08. The van der Waals surface area contributed by atoms with E-state index in [2.05, 4.69) is 10.6 Å². The molecule has 0 bridgehead atoms. The van der Waals surface area contributed by atoms with E-state index in [1.807, 2.05) is 19.9 Å². The quantitative estimate of drug-likeness (QED) is 0.820. The summed E-state index contributed by atoms with van der Waals surface area (Å²) in [4.78, 5) is 11.0. The Morgan fingerprint density at radius 3 is 2.29 bits per heavy atom. The molecule has 0 radical (unpaired) electrons. The second-order valence-corrected chi connectivity index (χ2v) is 6.36. The third-order valence-corrected chi connectivity index (χ3v) is 3.85. The predicted octanol–water partition coefficient (Wildman–Crippen LogP) is 2.77. The van der Waals surface area contributed by atoms with Crippen molar-refractivity contribution in [1.82, 2.24) is 5.32 Å². The van der Waals surface area contributed by atoms with E-state index in [0.29, 0.717) is 12.2 Å². The van der Waals surface area contributed by atoms with Gasteiger partial charge >= 0.3 is 11.8 Å². The van der Waals surface area contributed by atoms with Crippen LogP contribution in [0.25, 0.3) is 0 Å². The Morgan fingerprint density at radius 2 is 1.81 bits per heavy atom. The number of nitrogens with one attached hydrogen (secondary N) is 2. The highest BCUT2D eigenvalue weighted by Crippen LogP contribution is 2.20. The number of hydrogen-bond donors (Lipinski definition) is 2. The monoisotopic (exact) mass is 318 g/mol. The van der Waals surface area contributed by atoms with Crippen molar-refractivity contribution in [1.29, 1.82) is 0 Å². The van der Waals surface area contributed by atoms with Crippen molar-refractivity contribution in [2.75, 3.05) is 11.9 Å². The summed E-state index contributed by atoms with van der Waals surface area (Å²) in [5.74, 6) is -3.47. The molecule has 0 fully saturated rings. The SMILES string of the molecule is CC(C)=CCNC(=O)Nc1ccc(S(=O)(=O)C(F)F)cc1. The number of sulfone groups is 1. The lowest BCUT2D eigenvalue weighted by Crippen LogP contribution is -2.28. The van der Waals surface area contributed by atoms with E-state index >= 15 is 0 Å². The zero-order valence-corrected chi connectivity index (χ0v) is 12.4. The molecule has 0 aromatic heterocycles. The van der Waals surface area contributed by atoms with Crippen LogP contribution in [0, 0.1) is 0 Å². The van der Waals surface area contributed by atoms with E-state index in [1.165, 1.54) is 12.1 Å². The Hall–Kier alpha value is -1.96. The number of benzene rings is 1. The maximum atomic E-state index is 12.3. The number of urea groups is 1. The Balaban J connectivity index is 2.67. The number of carbonyl (C=O) groups is 1. The van der Waals surface area contributed by atoms with Crippen LogP contribution in [0.3, 0.4) is 0 Å². The number of hydrogen-bond acceptors (Lipinski definition) is 3. The van der Waals surface area contributed by atoms with Gasteiger partial charge in [0.1, 0.15) is 0 Å². The number of halogens is 2. The maximum absolute atomic E-state index is 12.3. The Morgan fingerprint density at radius 1 is 1.24 bits per heavy atom. The van der Waals surface area contributed by atoms with Gasteiger partial charge in [0.2, 0.25) is 9.84 Å². The first-order valence-corrected chi connectivity index (χ1v) is 7.58. The first-order valence-electron chi connectivity index (χ1n) is 6.04. The van der Waals surface area contributed by atoms with Crippen molar-refractivity contribution >= 4 is 21.6 Å². The normalized spacial score (nSPS) is 11.1. The summed E-state index contributed by atoms with van der Waals surface area (Å²) < 4.78 is 47.1. The number of carbonyl (C=O) groups excluding carboxylic acids is 1. The van der Waals surface area contributed by atoms with Gasteiger partial charge in [0.05, 0.1) is 4.90 Å². The molecule has 8 heteroatoms. The molecule has 0 unspecified atom stereocenters. The van der Waals surface area contributed by atoms with E-state index < -0.39 is 26.5 Å². The minimum Gasteiger partial charge on any atom is -0.334 e. The Labute approximate surface area is 122 Å². The fraction of sp³-hybridized carbons (Fsp3) is 0.308. The van der Waals surface area contributed by atoms with E-state index in [0.717, 1.165) is 17.7 Å². The van der Waals surface area contributed by atoms with Gasteiger partial charge in [-0.25, -0.2) is 13.2 Å². The lowest BCUT2D eigenvalue weighted by molar-refractivity contribution is 0.234. The van der Waals surface area contributed by atoms with Crippen LogP contribution in [0.1, 0.15) is 13.8 Å². The lowest BCUT2D eigenvalue weighted by Gasteiger charge is -2.07. The standard InChI is InChI=1S/C13H16F2N2O3S/c1-9(2)7-8-16-13(18)17-10-3-5-11(6-4-10)21(19,20)12(14)15/h3-7,12H,8H2,1-2H3,(H2,16,17,18). The predicted molar refractivity (Wildman–Crippen MR) is 76.1 cm³/mol. The van der Waals surface area contributed by atoms with Gasteiger partial charge in [-0.15, -0.1) is 0 Å². The maximum Gasteiger partial charge on any atom is 0.341 e.